The molecule has 0 saturated carbocycles. The van der Waals surface area contributed by atoms with Gasteiger partial charge in [-0.1, -0.05) is 25.1 Å². The Morgan fingerprint density at radius 1 is 1.67 bits per heavy atom. The number of rotatable bonds is 4. The molecule has 1 atom stereocenters. The summed E-state index contributed by atoms with van der Waals surface area (Å²) in [6.45, 7) is 3.24. The van der Waals surface area contributed by atoms with Gasteiger partial charge in [-0.05, 0) is 6.42 Å². The van der Waals surface area contributed by atoms with Crippen molar-refractivity contribution >= 4 is 17.7 Å². The summed E-state index contributed by atoms with van der Waals surface area (Å²) in [4.78, 5) is 27.7. The number of nitrogens with one attached hydrogen (secondary N) is 1. The number of fused-ring (bicyclic) bond motifs is 1. The number of aromatic nitrogens is 2. The van der Waals surface area contributed by atoms with Crippen molar-refractivity contribution in [2.45, 2.75) is 31.5 Å². The zero-order valence-corrected chi connectivity index (χ0v) is 11.2. The first-order valence-corrected chi connectivity index (χ1v) is 7.17. The van der Waals surface area contributed by atoms with Gasteiger partial charge in [0.15, 0.2) is 5.16 Å². The fourth-order valence-electron chi connectivity index (χ4n) is 1.84. The Morgan fingerprint density at radius 2 is 2.50 bits per heavy atom. The second kappa shape index (κ2) is 6.04. The lowest BCUT2D eigenvalue weighted by Gasteiger charge is -2.23. The summed E-state index contributed by atoms with van der Waals surface area (Å²) in [7, 11) is 0. The molecule has 2 heterocycles. The Hall–Kier alpha value is -1.30. The molecule has 0 radical (unpaired) electrons. The number of hydrogen-bond acceptors (Lipinski definition) is 4. The molecule has 0 aliphatic carbocycles. The fourth-order valence-corrected chi connectivity index (χ4v) is 2.90. The first-order chi connectivity index (χ1) is 8.72. The van der Waals surface area contributed by atoms with Crippen LogP contribution in [0.25, 0.3) is 0 Å². The fraction of sp³-hybridized carbons (Fsp3) is 0.583. The predicted octanol–water partition coefficient (Wildman–Crippen LogP) is 0.881. The molecule has 1 N–H and O–H groups in total. The van der Waals surface area contributed by atoms with Crippen molar-refractivity contribution in [1.82, 2.24) is 14.9 Å². The van der Waals surface area contributed by atoms with Crippen LogP contribution in [0.3, 0.4) is 0 Å². The smallest absolute Gasteiger partial charge is 0.254 e. The largest absolute Gasteiger partial charge is 0.356 e. The highest BCUT2D eigenvalue weighted by Gasteiger charge is 2.25. The van der Waals surface area contributed by atoms with E-state index < -0.39 is 0 Å². The van der Waals surface area contributed by atoms with Gasteiger partial charge in [-0.15, -0.1) is 0 Å². The third-order valence-corrected chi connectivity index (χ3v) is 4.07. The van der Waals surface area contributed by atoms with E-state index >= 15 is 0 Å². The van der Waals surface area contributed by atoms with Gasteiger partial charge in [0.1, 0.15) is 0 Å². The second-order valence-electron chi connectivity index (χ2n) is 4.33. The van der Waals surface area contributed by atoms with Gasteiger partial charge in [-0.2, -0.15) is 0 Å². The average molecular weight is 267 g/mol. The number of thioether (sulfide) groups is 1. The molecule has 5 nitrogen and oxygen atoms in total. The molecule has 1 aliphatic rings. The highest BCUT2D eigenvalue weighted by molar-refractivity contribution is 7.99. The van der Waals surface area contributed by atoms with Gasteiger partial charge >= 0.3 is 0 Å². The third kappa shape index (κ3) is 2.93. The number of hydrogen-bond donors (Lipinski definition) is 1. The van der Waals surface area contributed by atoms with Gasteiger partial charge in [0, 0.05) is 31.1 Å². The van der Waals surface area contributed by atoms with Crippen LogP contribution in [0.2, 0.25) is 0 Å². The lowest BCUT2D eigenvalue weighted by molar-refractivity contribution is -0.124. The van der Waals surface area contributed by atoms with Gasteiger partial charge in [-0.25, -0.2) is 4.98 Å². The summed E-state index contributed by atoms with van der Waals surface area (Å²) >= 11 is 1.47. The zero-order chi connectivity index (χ0) is 13.0. The molecule has 0 saturated heterocycles. The summed E-state index contributed by atoms with van der Waals surface area (Å²) < 4.78 is 1.58. The van der Waals surface area contributed by atoms with Crippen LogP contribution in [0, 0.1) is 5.92 Å². The van der Waals surface area contributed by atoms with E-state index in [4.69, 9.17) is 0 Å². The monoisotopic (exact) mass is 267 g/mol. The zero-order valence-electron chi connectivity index (χ0n) is 10.4. The lowest BCUT2D eigenvalue weighted by Crippen LogP contribution is -2.40. The van der Waals surface area contributed by atoms with E-state index in [0.29, 0.717) is 24.0 Å². The average Bonchev–Trinajstić information content (AvgIpc) is 2.39. The first kappa shape index (κ1) is 13.1. The molecule has 1 unspecified atom stereocenters. The van der Waals surface area contributed by atoms with Crippen molar-refractivity contribution in [2.75, 3.05) is 12.3 Å². The highest BCUT2D eigenvalue weighted by Crippen LogP contribution is 2.24. The maximum Gasteiger partial charge on any atom is 0.254 e. The van der Waals surface area contributed by atoms with Crippen LogP contribution < -0.4 is 10.9 Å². The van der Waals surface area contributed by atoms with E-state index in [-0.39, 0.29) is 17.4 Å². The van der Waals surface area contributed by atoms with E-state index in [1.54, 1.807) is 4.57 Å². The number of nitrogens with zero attached hydrogens (tertiary/aromatic N) is 2. The minimum Gasteiger partial charge on any atom is -0.356 e. The van der Waals surface area contributed by atoms with Crippen molar-refractivity contribution in [3.63, 3.8) is 0 Å². The molecular weight excluding hydrogens is 250 g/mol. The molecule has 1 aromatic heterocycles. The molecule has 98 valence electrons. The number of unbranched alkanes of at least 4 members (excludes halogenated alkanes) is 1. The number of carbonyl (C=O) groups excluding carboxylic acids is 1. The lowest BCUT2D eigenvalue weighted by atomic mass is 10.1. The van der Waals surface area contributed by atoms with Gasteiger partial charge in [0.25, 0.3) is 5.56 Å². The Kier molecular flexibility index (Phi) is 4.41. The van der Waals surface area contributed by atoms with E-state index in [1.165, 1.54) is 24.0 Å². The second-order valence-corrected chi connectivity index (χ2v) is 5.32. The molecule has 0 spiro atoms. The molecule has 1 aliphatic heterocycles. The molecule has 0 bridgehead atoms. The van der Waals surface area contributed by atoms with Crippen LogP contribution in [0.1, 0.15) is 19.8 Å². The van der Waals surface area contributed by atoms with Crippen LogP contribution in [0.5, 0.6) is 0 Å². The van der Waals surface area contributed by atoms with Crippen LogP contribution in [-0.2, 0) is 11.3 Å². The highest BCUT2D eigenvalue weighted by atomic mass is 32.2. The van der Waals surface area contributed by atoms with Crippen molar-refractivity contribution in [3.05, 3.63) is 22.6 Å². The van der Waals surface area contributed by atoms with Gasteiger partial charge in [0.05, 0.1) is 5.92 Å². The third-order valence-electron chi connectivity index (χ3n) is 2.92. The molecule has 0 aromatic carbocycles. The molecule has 6 heteroatoms. The topological polar surface area (TPSA) is 64.0 Å². The van der Waals surface area contributed by atoms with Crippen molar-refractivity contribution in [3.8, 4) is 0 Å². The van der Waals surface area contributed by atoms with Crippen molar-refractivity contribution < 1.29 is 4.79 Å². The maximum absolute atomic E-state index is 11.9. The number of carbonyl (C=O) groups is 1. The standard InChI is InChI=1S/C12H17N3O2S/c1-2-3-5-13-11(17)9-7-15-10(16)4-6-14-12(15)18-8-9/h4,6,9H,2-3,5,7-8H2,1H3,(H,13,17). The Morgan fingerprint density at radius 3 is 3.28 bits per heavy atom. The van der Waals surface area contributed by atoms with Crippen LogP contribution in [0.15, 0.2) is 22.2 Å². The van der Waals surface area contributed by atoms with Crippen LogP contribution in [0.4, 0.5) is 0 Å². The molecule has 2 rings (SSSR count). The summed E-state index contributed by atoms with van der Waals surface area (Å²) in [5, 5.41) is 3.62. The van der Waals surface area contributed by atoms with Crippen molar-refractivity contribution in [2.24, 2.45) is 5.92 Å². The van der Waals surface area contributed by atoms with Gasteiger partial charge in [0.2, 0.25) is 5.91 Å². The van der Waals surface area contributed by atoms with Crippen LogP contribution in [-0.4, -0.2) is 27.8 Å². The molecule has 18 heavy (non-hydrogen) atoms. The molecule has 1 amide bonds. The maximum atomic E-state index is 11.9. The summed E-state index contributed by atoms with van der Waals surface area (Å²) in [6.07, 6.45) is 3.57. The Labute approximate surface area is 110 Å². The van der Waals surface area contributed by atoms with Crippen molar-refractivity contribution in [1.29, 1.82) is 0 Å². The van der Waals surface area contributed by atoms with Gasteiger partial charge in [-0.3, -0.25) is 14.2 Å². The van der Waals surface area contributed by atoms with Gasteiger partial charge < -0.3 is 5.32 Å². The molecule has 1 aromatic rings. The Bertz CT molecular complexity index is 486. The van der Waals surface area contributed by atoms with E-state index in [2.05, 4.69) is 17.2 Å². The van der Waals surface area contributed by atoms with E-state index in [0.717, 1.165) is 12.8 Å². The summed E-state index contributed by atoms with van der Waals surface area (Å²) in [6, 6.07) is 1.43. The molecule has 0 fully saturated rings. The molecular formula is C12H17N3O2S. The number of amides is 1. The van der Waals surface area contributed by atoms with E-state index in [1.807, 2.05) is 0 Å². The quantitative estimate of drug-likeness (QED) is 0.650. The normalized spacial score (nSPS) is 18.2. The van der Waals surface area contributed by atoms with E-state index in [9.17, 15) is 9.59 Å². The minimum atomic E-state index is -0.138. The summed E-state index contributed by atoms with van der Waals surface area (Å²) in [5.74, 6) is 0.590. The predicted molar refractivity (Wildman–Crippen MR) is 70.6 cm³/mol. The minimum absolute atomic E-state index is 0.0392. The SMILES string of the molecule is CCCCNC(=O)C1CSc2nccc(=O)n2C1. The summed E-state index contributed by atoms with van der Waals surface area (Å²) in [5.41, 5.74) is -0.0847. The van der Waals surface area contributed by atoms with Crippen LogP contribution >= 0.6 is 11.8 Å². The first-order valence-electron chi connectivity index (χ1n) is 6.18. The Balaban J connectivity index is 2.01.